The normalized spacial score (nSPS) is 11.1. The van der Waals surface area contributed by atoms with Crippen LogP contribution in [-0.4, -0.2) is 33.1 Å². The van der Waals surface area contributed by atoms with Gasteiger partial charge in [-0.2, -0.15) is 4.68 Å². The van der Waals surface area contributed by atoms with Crippen LogP contribution in [0.2, 0.25) is 0 Å². The van der Waals surface area contributed by atoms with E-state index in [1.54, 1.807) is 30.3 Å². The monoisotopic (exact) mass is 295 g/mol. The molecule has 1 N–H and O–H groups in total. The molecule has 0 aliphatic heterocycles. The fraction of sp³-hybridized carbons (Fsp3) is 0.0625. The van der Waals surface area contributed by atoms with Gasteiger partial charge >= 0.3 is 0 Å². The highest BCUT2D eigenvalue weighted by molar-refractivity contribution is 5.98. The van der Waals surface area contributed by atoms with Gasteiger partial charge in [0, 0.05) is 6.08 Å². The van der Waals surface area contributed by atoms with E-state index in [1.807, 2.05) is 12.1 Å². The minimum Gasteiger partial charge on any atom is -0.504 e. The molecule has 0 saturated carbocycles. The van der Waals surface area contributed by atoms with Gasteiger partial charge < -0.3 is 9.84 Å². The molecule has 1 aromatic heterocycles. The van der Waals surface area contributed by atoms with Crippen LogP contribution in [0.3, 0.4) is 0 Å². The Morgan fingerprint density at radius 2 is 2.09 bits per heavy atom. The van der Waals surface area contributed by atoms with E-state index < -0.39 is 0 Å². The van der Waals surface area contributed by atoms with Gasteiger partial charge in [-0.1, -0.05) is 23.4 Å². The maximum absolute atomic E-state index is 12.2. The molecule has 0 radical (unpaired) electrons. The van der Waals surface area contributed by atoms with E-state index in [1.165, 1.54) is 23.9 Å². The number of fused-ring (bicyclic) bond motifs is 1. The van der Waals surface area contributed by atoms with Gasteiger partial charge in [-0.15, -0.1) is 5.10 Å². The standard InChI is InChI=1S/C16H13N3O3/c1-22-15-10-11(6-8-14(15)20)7-9-16(21)19-13-5-3-2-4-12(13)17-18-19/h2-10,20H,1H3/b9-7+. The number of methoxy groups -OCH3 is 1. The van der Waals surface area contributed by atoms with Crippen LogP contribution in [0.5, 0.6) is 11.5 Å². The highest BCUT2D eigenvalue weighted by Crippen LogP contribution is 2.26. The van der Waals surface area contributed by atoms with Crippen molar-refractivity contribution in [3.05, 3.63) is 54.1 Å². The number of rotatable bonds is 3. The van der Waals surface area contributed by atoms with Gasteiger partial charge in [0.1, 0.15) is 5.52 Å². The third kappa shape index (κ3) is 2.54. The molecule has 0 fully saturated rings. The smallest absolute Gasteiger partial charge is 0.272 e. The molecule has 2 aromatic carbocycles. The number of para-hydroxylation sites is 1. The first-order valence-corrected chi connectivity index (χ1v) is 6.59. The predicted octanol–water partition coefficient (Wildman–Crippen LogP) is 2.50. The molecular weight excluding hydrogens is 282 g/mol. The number of hydrogen-bond acceptors (Lipinski definition) is 5. The van der Waals surface area contributed by atoms with Crippen LogP contribution in [0.4, 0.5) is 0 Å². The summed E-state index contributed by atoms with van der Waals surface area (Å²) in [6.45, 7) is 0. The van der Waals surface area contributed by atoms with Gasteiger partial charge in [0.15, 0.2) is 11.5 Å². The van der Waals surface area contributed by atoms with Gasteiger partial charge in [-0.25, -0.2) is 0 Å². The Labute approximate surface area is 126 Å². The first kappa shape index (κ1) is 13.8. The molecule has 6 heteroatoms. The van der Waals surface area contributed by atoms with Crippen LogP contribution in [0.15, 0.2) is 48.5 Å². The van der Waals surface area contributed by atoms with Crippen LogP contribution in [-0.2, 0) is 0 Å². The Morgan fingerprint density at radius 1 is 1.27 bits per heavy atom. The van der Waals surface area contributed by atoms with Crippen LogP contribution in [0, 0.1) is 0 Å². The molecule has 3 rings (SSSR count). The molecule has 0 saturated heterocycles. The van der Waals surface area contributed by atoms with Crippen molar-refractivity contribution in [1.29, 1.82) is 0 Å². The maximum Gasteiger partial charge on any atom is 0.272 e. The zero-order valence-corrected chi connectivity index (χ0v) is 11.8. The van der Waals surface area contributed by atoms with Crippen molar-refractivity contribution in [2.45, 2.75) is 0 Å². The second-order valence-corrected chi connectivity index (χ2v) is 4.59. The Morgan fingerprint density at radius 3 is 2.91 bits per heavy atom. The minimum atomic E-state index is -0.305. The number of benzene rings is 2. The number of carbonyl (C=O) groups excluding carboxylic acids is 1. The van der Waals surface area contributed by atoms with Crippen molar-refractivity contribution in [3.63, 3.8) is 0 Å². The van der Waals surface area contributed by atoms with E-state index in [4.69, 9.17) is 4.74 Å². The summed E-state index contributed by atoms with van der Waals surface area (Å²) in [5.74, 6) is 0.0924. The van der Waals surface area contributed by atoms with E-state index in [-0.39, 0.29) is 11.7 Å². The molecule has 3 aromatic rings. The molecule has 0 spiro atoms. The Bertz CT molecular complexity index is 868. The Kier molecular flexibility index (Phi) is 3.57. The van der Waals surface area contributed by atoms with E-state index in [0.29, 0.717) is 16.8 Å². The second-order valence-electron chi connectivity index (χ2n) is 4.59. The summed E-state index contributed by atoms with van der Waals surface area (Å²) in [5.41, 5.74) is 2.04. The molecule has 110 valence electrons. The number of phenolic OH excluding ortho intramolecular Hbond substituents is 1. The van der Waals surface area contributed by atoms with Gasteiger partial charge in [-0.3, -0.25) is 4.79 Å². The summed E-state index contributed by atoms with van der Waals surface area (Å²) < 4.78 is 6.27. The molecule has 0 bridgehead atoms. The first-order chi connectivity index (χ1) is 10.7. The van der Waals surface area contributed by atoms with Gasteiger partial charge in [0.2, 0.25) is 0 Å². The Hall–Kier alpha value is -3.15. The first-order valence-electron chi connectivity index (χ1n) is 6.59. The summed E-state index contributed by atoms with van der Waals surface area (Å²) in [7, 11) is 1.47. The third-order valence-electron chi connectivity index (χ3n) is 3.18. The van der Waals surface area contributed by atoms with Crippen LogP contribution in [0.25, 0.3) is 17.1 Å². The summed E-state index contributed by atoms with van der Waals surface area (Å²) in [6.07, 6.45) is 3.02. The molecule has 0 aliphatic carbocycles. The largest absolute Gasteiger partial charge is 0.504 e. The average molecular weight is 295 g/mol. The van der Waals surface area contributed by atoms with Crippen molar-refractivity contribution in [2.24, 2.45) is 0 Å². The number of allylic oxidation sites excluding steroid dienone is 1. The summed E-state index contributed by atoms with van der Waals surface area (Å²) >= 11 is 0. The van der Waals surface area contributed by atoms with E-state index >= 15 is 0 Å². The average Bonchev–Trinajstić information content (AvgIpc) is 2.98. The zero-order valence-electron chi connectivity index (χ0n) is 11.8. The topological polar surface area (TPSA) is 77.2 Å². The lowest BCUT2D eigenvalue weighted by atomic mass is 10.2. The van der Waals surface area contributed by atoms with E-state index in [9.17, 15) is 9.90 Å². The van der Waals surface area contributed by atoms with Crippen molar-refractivity contribution in [2.75, 3.05) is 7.11 Å². The number of aromatic hydroxyl groups is 1. The van der Waals surface area contributed by atoms with Gasteiger partial charge in [-0.05, 0) is 35.9 Å². The summed E-state index contributed by atoms with van der Waals surface area (Å²) in [5, 5.41) is 17.3. The van der Waals surface area contributed by atoms with Crippen molar-refractivity contribution in [3.8, 4) is 11.5 Å². The second kappa shape index (κ2) is 5.69. The predicted molar refractivity (Wildman–Crippen MR) is 81.8 cm³/mol. The number of carbonyl (C=O) groups is 1. The molecule has 0 atom stereocenters. The SMILES string of the molecule is COc1cc(/C=C/C(=O)n2nnc3ccccc32)ccc1O. The molecule has 6 nitrogen and oxygen atoms in total. The molecular formula is C16H13N3O3. The molecule has 0 unspecified atom stereocenters. The summed E-state index contributed by atoms with van der Waals surface area (Å²) in [4.78, 5) is 12.2. The van der Waals surface area contributed by atoms with Crippen molar-refractivity contribution < 1.29 is 14.6 Å². The molecule has 0 aliphatic rings. The highest BCUT2D eigenvalue weighted by Gasteiger charge is 2.08. The van der Waals surface area contributed by atoms with Gasteiger partial charge in [0.05, 0.1) is 12.6 Å². The number of nitrogens with zero attached hydrogens (tertiary/aromatic N) is 3. The fourth-order valence-electron chi connectivity index (χ4n) is 2.07. The molecule has 22 heavy (non-hydrogen) atoms. The maximum atomic E-state index is 12.2. The zero-order chi connectivity index (χ0) is 15.5. The highest BCUT2D eigenvalue weighted by atomic mass is 16.5. The number of aromatic nitrogens is 3. The van der Waals surface area contributed by atoms with Crippen molar-refractivity contribution >= 4 is 23.0 Å². The van der Waals surface area contributed by atoms with E-state index in [2.05, 4.69) is 10.3 Å². The van der Waals surface area contributed by atoms with Crippen LogP contribution in [0.1, 0.15) is 10.4 Å². The number of hydrogen-bond donors (Lipinski definition) is 1. The molecule has 0 amide bonds. The van der Waals surface area contributed by atoms with Crippen LogP contribution < -0.4 is 4.74 Å². The lowest BCUT2D eigenvalue weighted by molar-refractivity contribution is 0.0958. The molecule has 1 heterocycles. The lowest BCUT2D eigenvalue weighted by Crippen LogP contribution is -2.08. The fourth-order valence-corrected chi connectivity index (χ4v) is 2.07. The van der Waals surface area contributed by atoms with Crippen LogP contribution >= 0.6 is 0 Å². The Balaban J connectivity index is 1.87. The number of ether oxygens (including phenoxy) is 1. The van der Waals surface area contributed by atoms with Gasteiger partial charge in [0.25, 0.3) is 5.91 Å². The lowest BCUT2D eigenvalue weighted by Gasteiger charge is -2.03. The number of phenols is 1. The van der Waals surface area contributed by atoms with E-state index in [0.717, 1.165) is 5.56 Å². The summed E-state index contributed by atoms with van der Waals surface area (Å²) in [6, 6.07) is 12.1. The van der Waals surface area contributed by atoms with Crippen molar-refractivity contribution in [1.82, 2.24) is 15.0 Å². The quantitative estimate of drug-likeness (QED) is 0.751. The third-order valence-corrected chi connectivity index (χ3v) is 3.18. The minimum absolute atomic E-state index is 0.0493.